The molecule has 1 aliphatic heterocycles. The quantitative estimate of drug-likeness (QED) is 0.931. The molecule has 0 saturated carbocycles. The molecular weight excluding hydrogens is 302 g/mol. The number of nitrogens with one attached hydrogen (secondary N) is 1. The number of benzene rings is 1. The molecule has 0 bridgehead atoms. The normalized spacial score (nSPS) is 14.9. The van der Waals surface area contributed by atoms with Crippen molar-refractivity contribution in [1.82, 2.24) is 15.3 Å². The number of aromatic nitrogens is 2. The minimum atomic E-state index is -0.122. The Labute approximate surface area is 141 Å². The highest BCUT2D eigenvalue weighted by Gasteiger charge is 2.20. The zero-order valence-electron chi connectivity index (χ0n) is 13.4. The van der Waals surface area contributed by atoms with E-state index in [1.807, 2.05) is 0 Å². The average Bonchev–Trinajstić information content (AvgIpc) is 2.67. The molecular formula is C18H19N5O. The average molecular weight is 321 g/mol. The third-order valence-electron chi connectivity index (χ3n) is 4.29. The first kappa shape index (κ1) is 15.9. The van der Waals surface area contributed by atoms with E-state index in [0.717, 1.165) is 31.7 Å². The van der Waals surface area contributed by atoms with E-state index < -0.39 is 0 Å². The number of nitriles is 1. The molecule has 0 radical (unpaired) electrons. The van der Waals surface area contributed by atoms with Crippen molar-refractivity contribution in [2.45, 2.75) is 12.8 Å². The predicted octanol–water partition coefficient (Wildman–Crippen LogP) is 1.99. The van der Waals surface area contributed by atoms with Gasteiger partial charge in [-0.25, -0.2) is 4.98 Å². The summed E-state index contributed by atoms with van der Waals surface area (Å²) in [4.78, 5) is 22.8. The van der Waals surface area contributed by atoms with Crippen LogP contribution in [0.3, 0.4) is 0 Å². The molecule has 1 amide bonds. The Morgan fingerprint density at radius 3 is 2.88 bits per heavy atom. The lowest BCUT2D eigenvalue weighted by molar-refractivity contribution is 0.0945. The zero-order chi connectivity index (χ0) is 16.8. The molecule has 1 fully saturated rings. The Bertz CT molecular complexity index is 733. The van der Waals surface area contributed by atoms with Crippen LogP contribution >= 0.6 is 0 Å². The van der Waals surface area contributed by atoms with Crippen LogP contribution in [0, 0.1) is 17.2 Å². The van der Waals surface area contributed by atoms with Crippen LogP contribution in [-0.2, 0) is 0 Å². The highest BCUT2D eigenvalue weighted by atomic mass is 16.1. The summed E-state index contributed by atoms with van der Waals surface area (Å²) in [6.45, 7) is 2.50. The maximum absolute atomic E-state index is 12.2. The fourth-order valence-corrected chi connectivity index (χ4v) is 2.89. The van der Waals surface area contributed by atoms with E-state index in [4.69, 9.17) is 5.26 Å². The lowest BCUT2D eigenvalue weighted by Gasteiger charge is -2.32. The van der Waals surface area contributed by atoms with Gasteiger partial charge in [0, 0.05) is 37.6 Å². The number of hydrogen-bond acceptors (Lipinski definition) is 5. The Morgan fingerprint density at radius 1 is 1.33 bits per heavy atom. The van der Waals surface area contributed by atoms with Crippen LogP contribution in [0.15, 0.2) is 42.9 Å². The van der Waals surface area contributed by atoms with Gasteiger partial charge in [0.15, 0.2) is 0 Å². The summed E-state index contributed by atoms with van der Waals surface area (Å²) in [7, 11) is 0. The van der Waals surface area contributed by atoms with Gasteiger partial charge in [-0.2, -0.15) is 5.26 Å². The number of piperidine rings is 1. The molecule has 2 aromatic rings. The van der Waals surface area contributed by atoms with Crippen LogP contribution in [0.25, 0.3) is 0 Å². The van der Waals surface area contributed by atoms with Crippen molar-refractivity contribution in [2.75, 3.05) is 24.5 Å². The highest BCUT2D eigenvalue weighted by molar-refractivity contribution is 5.94. The van der Waals surface area contributed by atoms with E-state index in [9.17, 15) is 4.79 Å². The van der Waals surface area contributed by atoms with Crippen LogP contribution in [0.2, 0.25) is 0 Å². The van der Waals surface area contributed by atoms with Gasteiger partial charge in [-0.3, -0.25) is 9.78 Å². The van der Waals surface area contributed by atoms with Crippen molar-refractivity contribution < 1.29 is 4.79 Å². The van der Waals surface area contributed by atoms with Crippen molar-refractivity contribution in [3.05, 3.63) is 54.0 Å². The molecule has 1 aromatic carbocycles. The summed E-state index contributed by atoms with van der Waals surface area (Å²) in [5, 5.41) is 11.9. The fraction of sp³-hybridized carbons (Fsp3) is 0.333. The minimum Gasteiger partial charge on any atom is -0.355 e. The van der Waals surface area contributed by atoms with Gasteiger partial charge in [0.25, 0.3) is 5.91 Å². The first-order valence-electron chi connectivity index (χ1n) is 8.05. The van der Waals surface area contributed by atoms with E-state index >= 15 is 0 Å². The van der Waals surface area contributed by atoms with Crippen molar-refractivity contribution in [2.24, 2.45) is 5.92 Å². The second-order valence-electron chi connectivity index (χ2n) is 5.90. The van der Waals surface area contributed by atoms with Crippen molar-refractivity contribution in [3.8, 4) is 6.07 Å². The molecule has 1 aliphatic rings. The van der Waals surface area contributed by atoms with Gasteiger partial charge in [-0.1, -0.05) is 6.07 Å². The topological polar surface area (TPSA) is 81.9 Å². The standard InChI is InChI=1S/C18H19N5O/c19-11-15-2-1-3-16(10-15)18(24)22-12-14-4-8-23(9-5-14)17-13-20-6-7-21-17/h1-3,6-7,10,13-14H,4-5,8-9,12H2,(H,22,24). The van der Waals surface area contributed by atoms with Crippen LogP contribution in [0.4, 0.5) is 5.82 Å². The lowest BCUT2D eigenvalue weighted by Crippen LogP contribution is -2.39. The first-order valence-corrected chi connectivity index (χ1v) is 8.05. The monoisotopic (exact) mass is 321 g/mol. The summed E-state index contributed by atoms with van der Waals surface area (Å²) in [6.07, 6.45) is 7.18. The molecule has 6 nitrogen and oxygen atoms in total. The van der Waals surface area contributed by atoms with Gasteiger partial charge in [-0.15, -0.1) is 0 Å². The number of rotatable bonds is 4. The smallest absolute Gasteiger partial charge is 0.251 e. The molecule has 122 valence electrons. The van der Waals surface area contributed by atoms with E-state index in [2.05, 4.69) is 26.3 Å². The van der Waals surface area contributed by atoms with Gasteiger partial charge in [-0.05, 0) is 37.0 Å². The van der Waals surface area contributed by atoms with E-state index in [1.54, 1.807) is 42.9 Å². The molecule has 1 aromatic heterocycles. The largest absolute Gasteiger partial charge is 0.355 e. The third kappa shape index (κ3) is 3.87. The molecule has 24 heavy (non-hydrogen) atoms. The van der Waals surface area contributed by atoms with Gasteiger partial charge in [0.2, 0.25) is 0 Å². The van der Waals surface area contributed by atoms with Crippen molar-refractivity contribution >= 4 is 11.7 Å². The second kappa shape index (κ2) is 7.55. The van der Waals surface area contributed by atoms with Crippen molar-refractivity contribution in [1.29, 1.82) is 5.26 Å². The van der Waals surface area contributed by atoms with E-state index in [0.29, 0.717) is 23.6 Å². The van der Waals surface area contributed by atoms with Gasteiger partial charge >= 0.3 is 0 Å². The number of nitrogens with zero attached hydrogens (tertiary/aromatic N) is 4. The Kier molecular flexibility index (Phi) is 5.02. The highest BCUT2D eigenvalue weighted by Crippen LogP contribution is 2.20. The number of carbonyl (C=O) groups excluding carboxylic acids is 1. The Balaban J connectivity index is 1.48. The molecule has 0 aliphatic carbocycles. The Morgan fingerprint density at radius 2 is 2.17 bits per heavy atom. The summed E-state index contributed by atoms with van der Waals surface area (Å²) in [5.74, 6) is 1.25. The van der Waals surface area contributed by atoms with Crippen LogP contribution in [-0.4, -0.2) is 35.5 Å². The SMILES string of the molecule is N#Cc1cccc(C(=O)NCC2CCN(c3cnccn3)CC2)c1. The van der Waals surface area contributed by atoms with Gasteiger partial charge in [0.05, 0.1) is 17.8 Å². The zero-order valence-corrected chi connectivity index (χ0v) is 13.4. The summed E-state index contributed by atoms with van der Waals surface area (Å²) in [5.41, 5.74) is 1.03. The van der Waals surface area contributed by atoms with Crippen molar-refractivity contribution in [3.63, 3.8) is 0 Å². The van der Waals surface area contributed by atoms with Gasteiger partial charge < -0.3 is 10.2 Å². The summed E-state index contributed by atoms with van der Waals surface area (Å²) < 4.78 is 0. The molecule has 0 atom stereocenters. The number of amides is 1. The minimum absolute atomic E-state index is 0.122. The maximum Gasteiger partial charge on any atom is 0.251 e. The number of carbonyl (C=O) groups is 1. The molecule has 2 heterocycles. The predicted molar refractivity (Wildman–Crippen MR) is 90.5 cm³/mol. The van der Waals surface area contributed by atoms with E-state index in [1.165, 1.54) is 0 Å². The third-order valence-corrected chi connectivity index (χ3v) is 4.29. The number of anilines is 1. The fourth-order valence-electron chi connectivity index (χ4n) is 2.89. The summed E-state index contributed by atoms with van der Waals surface area (Å²) in [6, 6.07) is 8.82. The molecule has 3 rings (SSSR count). The molecule has 0 spiro atoms. The first-order chi connectivity index (χ1) is 11.8. The molecule has 0 unspecified atom stereocenters. The molecule has 1 saturated heterocycles. The van der Waals surface area contributed by atoms with Crippen LogP contribution < -0.4 is 10.2 Å². The van der Waals surface area contributed by atoms with Gasteiger partial charge in [0.1, 0.15) is 5.82 Å². The second-order valence-corrected chi connectivity index (χ2v) is 5.90. The van der Waals surface area contributed by atoms with Crippen LogP contribution in [0.1, 0.15) is 28.8 Å². The Hall–Kier alpha value is -2.94. The molecule has 6 heteroatoms. The van der Waals surface area contributed by atoms with E-state index in [-0.39, 0.29) is 5.91 Å². The lowest BCUT2D eigenvalue weighted by atomic mass is 9.96. The summed E-state index contributed by atoms with van der Waals surface area (Å²) >= 11 is 0. The number of hydrogen-bond donors (Lipinski definition) is 1. The van der Waals surface area contributed by atoms with Crippen LogP contribution in [0.5, 0.6) is 0 Å². The molecule has 1 N–H and O–H groups in total. The maximum atomic E-state index is 12.2.